The maximum absolute atomic E-state index is 13.2. The Kier molecular flexibility index (Phi) is 7.84. The van der Waals surface area contributed by atoms with Gasteiger partial charge in [0, 0.05) is 65.7 Å². The number of hydrogen-bond acceptors (Lipinski definition) is 8. The van der Waals surface area contributed by atoms with E-state index in [1.54, 1.807) is 24.5 Å². The second-order valence-electron chi connectivity index (χ2n) is 8.99. The van der Waals surface area contributed by atoms with Gasteiger partial charge in [-0.3, -0.25) is 9.69 Å². The molecular formula is C24H32ClN7O2. The van der Waals surface area contributed by atoms with Crippen molar-refractivity contribution in [3.05, 3.63) is 46.7 Å². The first-order chi connectivity index (χ1) is 16.4. The van der Waals surface area contributed by atoms with Crippen LogP contribution >= 0.6 is 11.6 Å². The third-order valence-electron chi connectivity index (χ3n) is 6.74. The molecule has 0 spiro atoms. The number of aromatic nitrogens is 2. The van der Waals surface area contributed by atoms with Crippen LogP contribution in [0.5, 0.6) is 0 Å². The summed E-state index contributed by atoms with van der Waals surface area (Å²) in [4.78, 5) is 30.8. The first-order valence-electron chi connectivity index (χ1n) is 11.7. The molecule has 2 aliphatic heterocycles. The lowest BCUT2D eigenvalue weighted by Crippen LogP contribution is -2.46. The number of piperidine rings is 2. The van der Waals surface area contributed by atoms with E-state index >= 15 is 0 Å². The monoisotopic (exact) mass is 485 g/mol. The highest BCUT2D eigenvalue weighted by molar-refractivity contribution is 6.31. The predicted octanol–water partition coefficient (Wildman–Crippen LogP) is 2.80. The zero-order valence-corrected chi connectivity index (χ0v) is 20.2. The third kappa shape index (κ3) is 5.77. The number of likely N-dealkylation sites (tertiary alicyclic amines) is 2. The molecule has 0 bridgehead atoms. The van der Waals surface area contributed by atoms with Crippen LogP contribution in [0.1, 0.15) is 36.8 Å². The second kappa shape index (κ2) is 11.0. The van der Waals surface area contributed by atoms with Gasteiger partial charge in [-0.2, -0.15) is 0 Å². The van der Waals surface area contributed by atoms with Crippen LogP contribution in [0.2, 0.25) is 5.02 Å². The minimum atomic E-state index is 0.0751. The van der Waals surface area contributed by atoms with E-state index in [4.69, 9.17) is 27.9 Å². The molecule has 2 saturated heterocycles. The van der Waals surface area contributed by atoms with Crippen molar-refractivity contribution >= 4 is 34.9 Å². The van der Waals surface area contributed by atoms with E-state index < -0.39 is 0 Å². The van der Waals surface area contributed by atoms with Gasteiger partial charge < -0.3 is 21.2 Å². The van der Waals surface area contributed by atoms with Gasteiger partial charge in [-0.15, -0.1) is 0 Å². The number of carbonyl (C=O) groups excluding carboxylic acids is 1. The number of nitrogen functional groups attached to an aromatic ring is 2. The molecule has 3 heterocycles. The van der Waals surface area contributed by atoms with Crippen LogP contribution in [0.3, 0.4) is 0 Å². The van der Waals surface area contributed by atoms with E-state index in [2.05, 4.69) is 20.0 Å². The summed E-state index contributed by atoms with van der Waals surface area (Å²) >= 11 is 6.19. The normalized spacial score (nSPS) is 18.8. The van der Waals surface area contributed by atoms with E-state index in [9.17, 15) is 4.79 Å². The summed E-state index contributed by atoms with van der Waals surface area (Å²) in [6.45, 7) is 3.96. The minimum absolute atomic E-state index is 0.0751. The van der Waals surface area contributed by atoms with Crippen molar-refractivity contribution in [3.63, 3.8) is 0 Å². The molecule has 2 aromatic rings. The summed E-state index contributed by atoms with van der Waals surface area (Å²) in [6.07, 6.45) is 6.89. The van der Waals surface area contributed by atoms with Crippen LogP contribution in [0, 0.1) is 11.8 Å². The molecule has 4 rings (SSSR count). The lowest BCUT2D eigenvalue weighted by molar-refractivity contribution is -0.138. The summed E-state index contributed by atoms with van der Waals surface area (Å²) in [6, 6.07) is 5.38. The molecule has 0 atom stereocenters. The summed E-state index contributed by atoms with van der Waals surface area (Å²) in [7, 11) is 1.53. The molecule has 1 amide bonds. The van der Waals surface area contributed by atoms with Gasteiger partial charge in [0.15, 0.2) is 0 Å². The molecule has 0 unspecified atom stereocenters. The third-order valence-corrected chi connectivity index (χ3v) is 6.98. The number of halogens is 1. The molecule has 2 fully saturated rings. The highest BCUT2D eigenvalue weighted by Crippen LogP contribution is 2.29. The number of amides is 1. The highest BCUT2D eigenvalue weighted by atomic mass is 35.5. The number of benzene rings is 1. The van der Waals surface area contributed by atoms with Gasteiger partial charge >= 0.3 is 0 Å². The SMILES string of the molecule is CON=C(c1cc(Cl)ccc1N)C1CCN(C(=O)C2CCN(Cc3cnc(N)nc3)CC2)CC1. The molecule has 0 radical (unpaired) electrons. The quantitative estimate of drug-likeness (QED) is 0.366. The van der Waals surface area contributed by atoms with Crippen molar-refractivity contribution in [2.75, 3.05) is 44.8 Å². The van der Waals surface area contributed by atoms with Gasteiger partial charge in [-0.05, 0) is 57.0 Å². The Balaban J connectivity index is 1.30. The summed E-state index contributed by atoms with van der Waals surface area (Å²) < 4.78 is 0. The van der Waals surface area contributed by atoms with Crippen molar-refractivity contribution in [1.29, 1.82) is 0 Å². The zero-order valence-electron chi connectivity index (χ0n) is 19.5. The Morgan fingerprint density at radius 2 is 1.74 bits per heavy atom. The van der Waals surface area contributed by atoms with Crippen molar-refractivity contribution < 1.29 is 9.63 Å². The Morgan fingerprint density at radius 1 is 1.09 bits per heavy atom. The van der Waals surface area contributed by atoms with Crippen LogP contribution in [0.15, 0.2) is 35.7 Å². The zero-order chi connectivity index (χ0) is 24.1. The van der Waals surface area contributed by atoms with E-state index in [0.29, 0.717) is 23.8 Å². The van der Waals surface area contributed by atoms with Crippen LogP contribution < -0.4 is 11.5 Å². The topological polar surface area (TPSA) is 123 Å². The smallest absolute Gasteiger partial charge is 0.225 e. The molecule has 10 heteroatoms. The maximum atomic E-state index is 13.2. The number of hydrogen-bond donors (Lipinski definition) is 2. The molecule has 0 saturated carbocycles. The Labute approximate surface area is 205 Å². The Bertz CT molecular complexity index is 1010. The molecule has 34 heavy (non-hydrogen) atoms. The van der Waals surface area contributed by atoms with E-state index in [0.717, 1.165) is 62.2 Å². The predicted molar refractivity (Wildman–Crippen MR) is 133 cm³/mol. The van der Waals surface area contributed by atoms with Crippen LogP contribution in [-0.2, 0) is 16.2 Å². The van der Waals surface area contributed by atoms with Crippen LogP contribution in [0.4, 0.5) is 11.6 Å². The van der Waals surface area contributed by atoms with Gasteiger partial charge in [0.2, 0.25) is 11.9 Å². The van der Waals surface area contributed by atoms with Gasteiger partial charge in [0.1, 0.15) is 7.11 Å². The van der Waals surface area contributed by atoms with E-state index in [1.165, 1.54) is 7.11 Å². The summed E-state index contributed by atoms with van der Waals surface area (Å²) in [5.74, 6) is 0.787. The largest absolute Gasteiger partial charge is 0.399 e. The number of rotatable bonds is 6. The van der Waals surface area contributed by atoms with Crippen LogP contribution in [0.25, 0.3) is 0 Å². The van der Waals surface area contributed by atoms with Crippen molar-refractivity contribution in [2.45, 2.75) is 32.2 Å². The number of oxime groups is 1. The number of nitrogens with two attached hydrogens (primary N) is 2. The fourth-order valence-electron chi connectivity index (χ4n) is 4.87. The number of nitrogens with zero attached hydrogens (tertiary/aromatic N) is 5. The van der Waals surface area contributed by atoms with Crippen molar-refractivity contribution in [3.8, 4) is 0 Å². The van der Waals surface area contributed by atoms with Gasteiger partial charge in [0.05, 0.1) is 5.71 Å². The molecular weight excluding hydrogens is 454 g/mol. The van der Waals surface area contributed by atoms with Gasteiger partial charge in [-0.1, -0.05) is 16.8 Å². The molecule has 4 N–H and O–H groups in total. The second-order valence-corrected chi connectivity index (χ2v) is 9.43. The molecule has 2 aliphatic rings. The maximum Gasteiger partial charge on any atom is 0.225 e. The van der Waals surface area contributed by atoms with Crippen molar-refractivity contribution in [1.82, 2.24) is 19.8 Å². The van der Waals surface area contributed by atoms with E-state index in [1.807, 2.05) is 11.0 Å². The fraction of sp³-hybridized carbons (Fsp3) is 0.500. The summed E-state index contributed by atoms with van der Waals surface area (Å²) in [5.41, 5.74) is 15.0. The number of anilines is 2. The first kappa shape index (κ1) is 24.2. The fourth-order valence-corrected chi connectivity index (χ4v) is 5.04. The van der Waals surface area contributed by atoms with Gasteiger partial charge in [-0.25, -0.2) is 9.97 Å². The molecule has 1 aromatic carbocycles. The lowest BCUT2D eigenvalue weighted by atomic mass is 9.86. The van der Waals surface area contributed by atoms with Crippen molar-refractivity contribution in [2.24, 2.45) is 17.0 Å². The molecule has 0 aliphatic carbocycles. The van der Waals surface area contributed by atoms with Gasteiger partial charge in [0.25, 0.3) is 0 Å². The number of carbonyl (C=O) groups is 1. The summed E-state index contributed by atoms with van der Waals surface area (Å²) in [5, 5.41) is 4.89. The average molecular weight is 486 g/mol. The molecule has 182 valence electrons. The highest BCUT2D eigenvalue weighted by Gasteiger charge is 2.33. The van der Waals surface area contributed by atoms with E-state index in [-0.39, 0.29) is 23.7 Å². The molecule has 1 aromatic heterocycles. The lowest BCUT2D eigenvalue weighted by Gasteiger charge is -2.37. The van der Waals surface area contributed by atoms with Crippen LogP contribution in [-0.4, -0.2) is 64.7 Å². The Morgan fingerprint density at radius 3 is 2.38 bits per heavy atom. The first-order valence-corrected chi connectivity index (χ1v) is 12.1. The standard InChI is InChI=1S/C24H32ClN7O2/c1-34-30-22(20-12-19(25)2-3-21(20)26)17-6-10-32(11-7-17)23(33)18-4-8-31(9-5-18)15-16-13-28-24(27)29-14-16/h2-3,12-14,17-18H,4-11,15,26H2,1H3,(H2,27,28,29). The Hall–Kier alpha value is -2.91. The average Bonchev–Trinajstić information content (AvgIpc) is 2.86. The minimum Gasteiger partial charge on any atom is -0.399 e. The molecule has 9 nitrogen and oxygen atoms in total.